The quantitative estimate of drug-likeness (QED) is 0.0476. The molecule has 0 unspecified atom stereocenters. The van der Waals surface area contributed by atoms with Crippen LogP contribution in [0.5, 0.6) is 23.0 Å². The lowest BCUT2D eigenvalue weighted by Crippen LogP contribution is -2.38. The van der Waals surface area contributed by atoms with Crippen LogP contribution < -0.4 is 35.9 Å². The molecule has 0 aliphatic heterocycles. The van der Waals surface area contributed by atoms with E-state index < -0.39 is 74.7 Å². The van der Waals surface area contributed by atoms with Gasteiger partial charge in [-0.1, -0.05) is 48.5 Å². The molecule has 24 heteroatoms. The van der Waals surface area contributed by atoms with Crippen LogP contribution in [0.25, 0.3) is 22.3 Å². The van der Waals surface area contributed by atoms with Gasteiger partial charge in [-0.3, -0.25) is 19.3 Å². The number of rotatable bonds is 19. The summed E-state index contributed by atoms with van der Waals surface area (Å²) in [7, 11) is 1.04. The van der Waals surface area contributed by atoms with E-state index in [9.17, 15) is 38.4 Å². The molecule has 0 saturated carbocycles. The van der Waals surface area contributed by atoms with Crippen LogP contribution in [0, 0.1) is 0 Å². The van der Waals surface area contributed by atoms with E-state index in [0.717, 1.165) is 7.11 Å². The number of carbonyl (C=O) groups is 8. The third-order valence-corrected chi connectivity index (χ3v) is 8.43. The summed E-state index contributed by atoms with van der Waals surface area (Å²) in [5.41, 5.74) is 15.6. The highest BCUT2D eigenvalue weighted by atomic mass is 16.8. The Morgan fingerprint density at radius 3 is 1.24 bits per heavy atom. The summed E-state index contributed by atoms with van der Waals surface area (Å²) in [6.07, 6.45) is -6.21. The summed E-state index contributed by atoms with van der Waals surface area (Å²) in [6.45, 7) is 4.58. The molecule has 0 aromatic heterocycles. The van der Waals surface area contributed by atoms with E-state index in [1.165, 1.54) is 48.5 Å². The molecule has 5 N–H and O–H groups in total. The minimum Gasteiger partial charge on any atom is -0.460 e. The standard InChI is InChI=1S/C42H46N4O20/c1-6-56-39(51)63-34-25-14-10-23(11-15-26(25)35(32(34)43)64-40(52)57-7-2)20-29(47)45-62-22-31(49)60-18-19-61-38(50)46(55-5)30(48)21-24-12-16-27-28(17-13-24)37(66-42(54)59-9-4)33(44)36(27)65-41(53)58-8-3/h10-17H,6-9,18-22,43-44H2,1-5H3,(H,45,47). The van der Waals surface area contributed by atoms with Crippen LogP contribution in [0.15, 0.2) is 48.5 Å². The number of nitrogens with one attached hydrogen (secondary N) is 1. The molecule has 0 heterocycles. The van der Waals surface area contributed by atoms with Crippen molar-refractivity contribution < 1.29 is 95.4 Å². The average Bonchev–Trinajstić information content (AvgIpc) is 3.43. The van der Waals surface area contributed by atoms with Crippen molar-refractivity contribution in [3.05, 3.63) is 59.7 Å². The molecule has 4 rings (SSSR count). The molecule has 0 bridgehead atoms. The van der Waals surface area contributed by atoms with Crippen molar-refractivity contribution >= 4 is 59.9 Å². The van der Waals surface area contributed by atoms with Crippen LogP contribution >= 0.6 is 0 Å². The van der Waals surface area contributed by atoms with Crippen molar-refractivity contribution in [1.82, 2.24) is 10.5 Å². The van der Waals surface area contributed by atoms with Crippen LogP contribution in [0.4, 0.5) is 35.3 Å². The van der Waals surface area contributed by atoms with Crippen molar-refractivity contribution in [2.24, 2.45) is 0 Å². The third kappa shape index (κ3) is 13.7. The maximum absolute atomic E-state index is 13.1. The number of nitrogen functional groups attached to an aromatic ring is 2. The Hall–Kier alpha value is -8.12. The van der Waals surface area contributed by atoms with Crippen molar-refractivity contribution in [3.63, 3.8) is 0 Å². The number of hydrogen-bond acceptors (Lipinski definition) is 22. The molecule has 66 heavy (non-hydrogen) atoms. The van der Waals surface area contributed by atoms with Gasteiger partial charge in [-0.15, -0.1) is 5.06 Å². The maximum Gasteiger partial charge on any atom is 0.513 e. The second-order valence-electron chi connectivity index (χ2n) is 12.8. The van der Waals surface area contributed by atoms with Crippen molar-refractivity contribution in [3.8, 4) is 45.3 Å². The first-order chi connectivity index (χ1) is 31.6. The molecule has 0 spiro atoms. The van der Waals surface area contributed by atoms with Crippen LogP contribution in [0.1, 0.15) is 38.8 Å². The first kappa shape index (κ1) is 50.5. The number of imide groups is 1. The molecular formula is C42H46N4O20. The zero-order valence-electron chi connectivity index (χ0n) is 36.2. The largest absolute Gasteiger partial charge is 0.513 e. The molecular weight excluding hydrogens is 880 g/mol. The number of ether oxygens (including phenoxy) is 10. The highest BCUT2D eigenvalue weighted by molar-refractivity contribution is 5.97. The van der Waals surface area contributed by atoms with Crippen LogP contribution in [0.2, 0.25) is 0 Å². The number of hydrogen-bond donors (Lipinski definition) is 3. The van der Waals surface area contributed by atoms with Crippen LogP contribution in [-0.4, -0.2) is 107 Å². The van der Waals surface area contributed by atoms with Crippen LogP contribution in [0.3, 0.4) is 0 Å². The maximum atomic E-state index is 13.1. The lowest BCUT2D eigenvalue weighted by atomic mass is 10.2. The highest BCUT2D eigenvalue weighted by Gasteiger charge is 2.30. The molecule has 354 valence electrons. The number of hydroxylamine groups is 3. The summed E-state index contributed by atoms with van der Waals surface area (Å²) in [5.74, 6) is -3.18. The van der Waals surface area contributed by atoms with Crippen molar-refractivity contribution in [1.29, 1.82) is 0 Å². The molecule has 3 amide bonds. The van der Waals surface area contributed by atoms with Crippen molar-refractivity contribution in [2.45, 2.75) is 40.5 Å². The monoisotopic (exact) mass is 926 g/mol. The average molecular weight is 927 g/mol. The third-order valence-electron chi connectivity index (χ3n) is 8.43. The predicted molar refractivity (Wildman–Crippen MR) is 223 cm³/mol. The number of nitrogens with zero attached hydrogens (tertiary/aromatic N) is 1. The van der Waals surface area contributed by atoms with E-state index in [0.29, 0.717) is 16.2 Å². The second kappa shape index (κ2) is 24.7. The van der Waals surface area contributed by atoms with Gasteiger partial charge in [-0.2, -0.15) is 0 Å². The molecule has 4 aliphatic carbocycles. The molecule has 0 aromatic carbocycles. The highest BCUT2D eigenvalue weighted by Crippen LogP contribution is 2.51. The fourth-order valence-corrected chi connectivity index (χ4v) is 5.71. The van der Waals surface area contributed by atoms with Gasteiger partial charge < -0.3 is 58.8 Å². The van der Waals surface area contributed by atoms with Gasteiger partial charge in [0.1, 0.15) is 24.6 Å². The van der Waals surface area contributed by atoms with E-state index in [4.69, 9.17) is 68.5 Å². The van der Waals surface area contributed by atoms with Gasteiger partial charge in [-0.25, -0.2) is 34.2 Å². The predicted octanol–water partition coefficient (Wildman–Crippen LogP) is 5.10. The zero-order valence-corrected chi connectivity index (χ0v) is 36.2. The van der Waals surface area contributed by atoms with Gasteiger partial charge in [-0.05, 0) is 38.8 Å². The fourth-order valence-electron chi connectivity index (χ4n) is 5.71. The summed E-state index contributed by atoms with van der Waals surface area (Å²) in [5, 5.41) is 0.326. The molecule has 0 fully saturated rings. The van der Waals surface area contributed by atoms with E-state index in [1.807, 2.05) is 0 Å². The number of fused-ring (bicyclic) bond motifs is 2. The first-order valence-corrected chi connectivity index (χ1v) is 19.8. The fraction of sp³-hybridized carbons (Fsp3) is 0.333. The summed E-state index contributed by atoms with van der Waals surface area (Å²) in [6, 6.07) is 11.7. The van der Waals surface area contributed by atoms with Gasteiger partial charge in [0, 0.05) is 22.3 Å². The second-order valence-corrected chi connectivity index (χ2v) is 12.8. The van der Waals surface area contributed by atoms with Gasteiger partial charge in [0.25, 0.3) is 5.91 Å². The van der Waals surface area contributed by atoms with Gasteiger partial charge >= 0.3 is 36.7 Å². The zero-order chi connectivity index (χ0) is 48.3. The number of esters is 1. The van der Waals surface area contributed by atoms with Crippen LogP contribution in [-0.2, 0) is 65.3 Å². The summed E-state index contributed by atoms with van der Waals surface area (Å²) < 4.78 is 50.3. The van der Waals surface area contributed by atoms with E-state index in [1.54, 1.807) is 27.7 Å². The Balaban J connectivity index is 1.28. The summed E-state index contributed by atoms with van der Waals surface area (Å²) >= 11 is 0. The minimum absolute atomic E-state index is 0.00190. The number of nitrogens with two attached hydrogens (primary N) is 2. The normalized spacial score (nSPS) is 10.6. The van der Waals surface area contributed by atoms with Gasteiger partial charge in [0.15, 0.2) is 29.6 Å². The lowest BCUT2D eigenvalue weighted by molar-refractivity contribution is -0.167. The SMILES string of the molecule is CCOC(=O)Oc1c2ccc(CC(=O)NOCC(=O)OCCOC(=O)N(OC)C(=O)Cc3ccc4c(OC(=O)OCC)c(N)c(OC(=O)OCC)c-4cc3)ccc-2c(OC(=O)OCC)c1N. The topological polar surface area (TPSA) is 315 Å². The molecule has 4 aliphatic rings. The first-order valence-electron chi connectivity index (χ1n) is 19.8. The van der Waals surface area contributed by atoms with E-state index in [-0.39, 0.29) is 89.5 Å². The molecule has 24 nitrogen and oxygen atoms in total. The molecule has 0 atom stereocenters. The number of carbonyl (C=O) groups excluding carboxylic acids is 8. The Bertz CT molecular complexity index is 2240. The number of anilines is 2. The number of amides is 3. The summed E-state index contributed by atoms with van der Waals surface area (Å²) in [4.78, 5) is 109. The van der Waals surface area contributed by atoms with E-state index >= 15 is 0 Å². The Labute approximate surface area is 375 Å². The molecule has 0 radical (unpaired) electrons. The lowest BCUT2D eigenvalue weighted by Gasteiger charge is -2.17. The van der Waals surface area contributed by atoms with Crippen molar-refractivity contribution in [2.75, 3.05) is 64.8 Å². The van der Waals surface area contributed by atoms with Gasteiger partial charge in [0.05, 0.1) is 46.4 Å². The van der Waals surface area contributed by atoms with Gasteiger partial charge in [0.2, 0.25) is 5.91 Å². The Kier molecular flexibility index (Phi) is 18.9. The van der Waals surface area contributed by atoms with E-state index in [2.05, 4.69) is 5.48 Å². The Morgan fingerprint density at radius 1 is 0.515 bits per heavy atom. The smallest absolute Gasteiger partial charge is 0.460 e. The molecule has 0 saturated heterocycles. The Morgan fingerprint density at radius 2 is 0.879 bits per heavy atom. The minimum atomic E-state index is -1.24. The molecule has 0 aromatic rings.